The Hall–Kier alpha value is -2.13. The first-order valence-corrected chi connectivity index (χ1v) is 10.6. The molecule has 0 bridgehead atoms. The van der Waals surface area contributed by atoms with Gasteiger partial charge in [0.15, 0.2) is 6.10 Å². The van der Waals surface area contributed by atoms with Crippen LogP contribution in [0.2, 0.25) is 0 Å². The zero-order valence-corrected chi connectivity index (χ0v) is 17.7. The Bertz CT molecular complexity index is 704. The third-order valence-corrected chi connectivity index (χ3v) is 5.03. The van der Waals surface area contributed by atoms with Gasteiger partial charge in [0, 0.05) is 6.61 Å². The summed E-state index contributed by atoms with van der Waals surface area (Å²) in [5.74, 6) is -0.326. The van der Waals surface area contributed by atoms with Crippen molar-refractivity contribution < 1.29 is 14.3 Å². The summed E-state index contributed by atoms with van der Waals surface area (Å²) >= 11 is 0. The number of esters is 1. The topological polar surface area (TPSA) is 35.5 Å². The minimum absolute atomic E-state index is 0.296. The smallest absolute Gasteiger partial charge is 0.335 e. The lowest BCUT2D eigenvalue weighted by atomic mass is 9.99. The predicted molar refractivity (Wildman–Crippen MR) is 115 cm³/mol. The molecule has 0 N–H and O–H groups in total. The number of ether oxygens (including phenoxy) is 2. The molecular formula is C25H34O3. The van der Waals surface area contributed by atoms with Crippen LogP contribution in [0.4, 0.5) is 0 Å². The van der Waals surface area contributed by atoms with Crippen molar-refractivity contribution >= 4 is 5.97 Å². The summed E-state index contributed by atoms with van der Waals surface area (Å²) in [6.07, 6.45) is 5.50. The van der Waals surface area contributed by atoms with Gasteiger partial charge in [0.2, 0.25) is 0 Å². The Kier molecular flexibility index (Phi) is 9.22. The summed E-state index contributed by atoms with van der Waals surface area (Å²) in [5, 5.41) is 0. The summed E-state index contributed by atoms with van der Waals surface area (Å²) in [6.45, 7) is 8.21. The van der Waals surface area contributed by atoms with Crippen molar-refractivity contribution in [2.45, 2.75) is 72.0 Å². The van der Waals surface area contributed by atoms with Gasteiger partial charge in [-0.2, -0.15) is 0 Å². The van der Waals surface area contributed by atoms with E-state index >= 15 is 0 Å². The summed E-state index contributed by atoms with van der Waals surface area (Å²) in [4.78, 5) is 12.0. The van der Waals surface area contributed by atoms with Crippen molar-refractivity contribution in [2.24, 2.45) is 0 Å². The van der Waals surface area contributed by atoms with E-state index in [2.05, 4.69) is 43.3 Å². The molecule has 152 valence electrons. The Morgan fingerprint density at radius 2 is 1.46 bits per heavy atom. The van der Waals surface area contributed by atoms with Gasteiger partial charge in [-0.15, -0.1) is 0 Å². The van der Waals surface area contributed by atoms with Crippen LogP contribution in [0.25, 0.3) is 11.1 Å². The maximum atomic E-state index is 12.0. The third kappa shape index (κ3) is 6.79. The van der Waals surface area contributed by atoms with E-state index in [0.717, 1.165) is 12.0 Å². The van der Waals surface area contributed by atoms with Crippen LogP contribution in [0.1, 0.15) is 70.6 Å². The average molecular weight is 383 g/mol. The molecule has 0 aliphatic rings. The third-order valence-electron chi connectivity index (χ3n) is 5.03. The van der Waals surface area contributed by atoms with Crippen LogP contribution in [0.15, 0.2) is 48.5 Å². The standard InChI is InChI=1S/C25H34O3/c1-5-7-8-9-10-21-11-13-23(14-12-21)24-17-15-22(16-18-24)19(3)28-25(26)20(4)27-6-2/h11-20H,5-10H2,1-4H3. The first kappa shape index (κ1) is 22.2. The molecule has 3 heteroatoms. The molecule has 0 radical (unpaired) electrons. The van der Waals surface area contributed by atoms with Crippen molar-refractivity contribution in [3.05, 3.63) is 59.7 Å². The molecule has 0 fully saturated rings. The fraction of sp³-hybridized carbons (Fsp3) is 0.480. The van der Waals surface area contributed by atoms with E-state index in [0.29, 0.717) is 6.61 Å². The highest BCUT2D eigenvalue weighted by atomic mass is 16.6. The van der Waals surface area contributed by atoms with Crippen molar-refractivity contribution in [1.29, 1.82) is 0 Å². The van der Waals surface area contributed by atoms with E-state index in [1.807, 2.05) is 26.0 Å². The van der Waals surface area contributed by atoms with Crippen molar-refractivity contribution in [1.82, 2.24) is 0 Å². The van der Waals surface area contributed by atoms with E-state index in [1.54, 1.807) is 6.92 Å². The molecule has 2 aromatic carbocycles. The maximum Gasteiger partial charge on any atom is 0.335 e. The van der Waals surface area contributed by atoms with Gasteiger partial charge in [0.25, 0.3) is 0 Å². The predicted octanol–water partition coefficient (Wildman–Crippen LogP) is 6.51. The maximum absolute atomic E-state index is 12.0. The van der Waals surface area contributed by atoms with Crippen LogP contribution in [-0.4, -0.2) is 18.7 Å². The Balaban J connectivity index is 1.93. The molecule has 0 aliphatic carbocycles. The van der Waals surface area contributed by atoms with Gasteiger partial charge in [-0.25, -0.2) is 4.79 Å². The summed E-state index contributed by atoms with van der Waals surface area (Å²) < 4.78 is 10.8. The number of benzene rings is 2. The molecule has 0 saturated heterocycles. The monoisotopic (exact) mass is 382 g/mol. The van der Waals surface area contributed by atoms with E-state index in [4.69, 9.17) is 9.47 Å². The molecule has 0 amide bonds. The molecule has 3 nitrogen and oxygen atoms in total. The van der Waals surface area contributed by atoms with Crippen LogP contribution in [0, 0.1) is 0 Å². The quantitative estimate of drug-likeness (QED) is 0.328. The lowest BCUT2D eigenvalue weighted by Crippen LogP contribution is -2.24. The van der Waals surface area contributed by atoms with Gasteiger partial charge in [-0.1, -0.05) is 74.7 Å². The fourth-order valence-electron chi connectivity index (χ4n) is 3.22. The molecule has 0 aromatic heterocycles. The number of rotatable bonds is 11. The number of unbranched alkanes of at least 4 members (excludes halogenated alkanes) is 3. The summed E-state index contributed by atoms with van der Waals surface area (Å²) in [6, 6.07) is 17.1. The molecule has 0 saturated carbocycles. The van der Waals surface area contributed by atoms with Crippen molar-refractivity contribution in [3.8, 4) is 11.1 Å². The lowest BCUT2D eigenvalue weighted by Gasteiger charge is -2.17. The van der Waals surface area contributed by atoms with Crippen LogP contribution in [0.3, 0.4) is 0 Å². The molecular weight excluding hydrogens is 348 g/mol. The summed E-state index contributed by atoms with van der Waals surface area (Å²) in [7, 11) is 0. The Morgan fingerprint density at radius 3 is 2.04 bits per heavy atom. The minimum atomic E-state index is -0.535. The Morgan fingerprint density at radius 1 is 0.857 bits per heavy atom. The number of carbonyl (C=O) groups excluding carboxylic acids is 1. The van der Waals surface area contributed by atoms with Gasteiger partial charge in [0.1, 0.15) is 6.10 Å². The molecule has 2 atom stereocenters. The lowest BCUT2D eigenvalue weighted by molar-refractivity contribution is -0.160. The van der Waals surface area contributed by atoms with Crippen LogP contribution in [-0.2, 0) is 20.7 Å². The molecule has 28 heavy (non-hydrogen) atoms. The largest absolute Gasteiger partial charge is 0.456 e. The van der Waals surface area contributed by atoms with Crippen LogP contribution < -0.4 is 0 Å². The van der Waals surface area contributed by atoms with Crippen LogP contribution >= 0.6 is 0 Å². The second kappa shape index (κ2) is 11.7. The SMILES string of the molecule is CCCCCCc1ccc(-c2ccc(C(C)OC(=O)C(C)OCC)cc2)cc1. The number of aryl methyl sites for hydroxylation is 1. The first-order chi connectivity index (χ1) is 13.5. The van der Waals surface area contributed by atoms with E-state index < -0.39 is 6.10 Å². The van der Waals surface area contributed by atoms with Gasteiger partial charge in [-0.05, 0) is 55.9 Å². The van der Waals surface area contributed by atoms with Gasteiger partial charge in [-0.3, -0.25) is 0 Å². The summed E-state index contributed by atoms with van der Waals surface area (Å²) in [5.41, 5.74) is 4.76. The number of hydrogen-bond acceptors (Lipinski definition) is 3. The van der Waals surface area contributed by atoms with E-state index in [-0.39, 0.29) is 12.1 Å². The number of hydrogen-bond donors (Lipinski definition) is 0. The second-order valence-corrected chi connectivity index (χ2v) is 7.31. The molecule has 2 unspecified atom stereocenters. The zero-order valence-electron chi connectivity index (χ0n) is 17.7. The van der Waals surface area contributed by atoms with Crippen molar-refractivity contribution in [3.63, 3.8) is 0 Å². The van der Waals surface area contributed by atoms with Gasteiger partial charge >= 0.3 is 5.97 Å². The fourth-order valence-corrected chi connectivity index (χ4v) is 3.22. The number of carbonyl (C=O) groups is 1. The molecule has 0 spiro atoms. The van der Waals surface area contributed by atoms with Gasteiger partial charge < -0.3 is 9.47 Å². The minimum Gasteiger partial charge on any atom is -0.456 e. The molecule has 2 aromatic rings. The highest BCUT2D eigenvalue weighted by Gasteiger charge is 2.18. The van der Waals surface area contributed by atoms with E-state index in [1.165, 1.54) is 42.4 Å². The molecule has 0 aliphatic heterocycles. The molecule has 2 rings (SSSR count). The van der Waals surface area contributed by atoms with Crippen molar-refractivity contribution in [2.75, 3.05) is 6.61 Å². The van der Waals surface area contributed by atoms with E-state index in [9.17, 15) is 4.79 Å². The highest BCUT2D eigenvalue weighted by molar-refractivity contribution is 5.74. The highest BCUT2D eigenvalue weighted by Crippen LogP contribution is 2.24. The Labute approximate surface area is 170 Å². The normalized spacial score (nSPS) is 13.1. The average Bonchev–Trinajstić information content (AvgIpc) is 2.72. The zero-order chi connectivity index (χ0) is 20.4. The van der Waals surface area contributed by atoms with Gasteiger partial charge in [0.05, 0.1) is 0 Å². The molecule has 0 heterocycles. The second-order valence-electron chi connectivity index (χ2n) is 7.31. The van der Waals surface area contributed by atoms with Crippen LogP contribution in [0.5, 0.6) is 0 Å². The first-order valence-electron chi connectivity index (χ1n) is 10.6.